The van der Waals surface area contributed by atoms with Crippen LogP contribution in [-0.2, 0) is 49.5 Å². The first-order valence-electron chi connectivity index (χ1n) is 13.7. The van der Waals surface area contributed by atoms with Crippen LogP contribution in [0.2, 0.25) is 0 Å². The second-order valence-corrected chi connectivity index (χ2v) is 9.71. The number of unbranched alkanes of at least 4 members (excludes halogenated alkanes) is 2. The Morgan fingerprint density at radius 1 is 0.886 bits per heavy atom. The van der Waals surface area contributed by atoms with E-state index in [0.29, 0.717) is 24.8 Å². The van der Waals surface area contributed by atoms with Crippen molar-refractivity contribution in [2.24, 2.45) is 5.73 Å². The lowest BCUT2D eigenvalue weighted by molar-refractivity contribution is -0.150. The fraction of sp³-hybridized carbons (Fsp3) is 0.429. The minimum Gasteiger partial charge on any atom is -0.480 e. The zero-order valence-electron chi connectivity index (χ0n) is 24.0. The van der Waals surface area contributed by atoms with Gasteiger partial charge in [-0.15, -0.1) is 0 Å². The van der Waals surface area contributed by atoms with Gasteiger partial charge in [0.1, 0.15) is 25.9 Å². The number of hydrogen-bond donors (Lipinski definition) is 5. The highest BCUT2D eigenvalue weighted by Crippen LogP contribution is 2.08. The summed E-state index contributed by atoms with van der Waals surface area (Å²) in [5.41, 5.74) is 5.89. The van der Waals surface area contributed by atoms with Crippen LogP contribution >= 0.6 is 0 Å². The maximum absolute atomic E-state index is 13.2. The van der Waals surface area contributed by atoms with Crippen LogP contribution in [-0.4, -0.2) is 108 Å². The van der Waals surface area contributed by atoms with Gasteiger partial charge in [-0.2, -0.15) is 0 Å². The van der Waals surface area contributed by atoms with Crippen molar-refractivity contribution in [2.75, 3.05) is 39.5 Å². The molecule has 0 saturated carbocycles. The number of carboxylic acid groups (broad SMARTS) is 1. The Morgan fingerprint density at radius 2 is 1.52 bits per heavy atom. The largest absolute Gasteiger partial charge is 0.480 e. The molecule has 7 amide bonds. The summed E-state index contributed by atoms with van der Waals surface area (Å²) < 4.78 is 4.94. The van der Waals surface area contributed by atoms with Gasteiger partial charge in [0, 0.05) is 31.5 Å². The molecule has 16 nitrogen and oxygen atoms in total. The van der Waals surface area contributed by atoms with Crippen LogP contribution in [0, 0.1) is 0 Å². The lowest BCUT2D eigenvalue weighted by Gasteiger charge is -2.27. The van der Waals surface area contributed by atoms with Gasteiger partial charge in [0.25, 0.3) is 11.8 Å². The number of carboxylic acids is 1. The van der Waals surface area contributed by atoms with E-state index in [1.165, 1.54) is 12.2 Å². The molecule has 0 aliphatic carbocycles. The number of rotatable bonds is 20. The van der Waals surface area contributed by atoms with Crippen molar-refractivity contribution >= 4 is 47.3 Å². The molecule has 1 aromatic carbocycles. The van der Waals surface area contributed by atoms with Gasteiger partial charge in [-0.1, -0.05) is 36.8 Å². The van der Waals surface area contributed by atoms with Crippen molar-refractivity contribution < 1.29 is 48.2 Å². The number of hydrogen-bond acceptors (Lipinski definition) is 9. The minimum absolute atomic E-state index is 0.00510. The fourth-order valence-electron chi connectivity index (χ4n) is 4.03. The average Bonchev–Trinajstić information content (AvgIpc) is 3.30. The van der Waals surface area contributed by atoms with Crippen LogP contribution in [0.5, 0.6) is 0 Å². The Balaban J connectivity index is 1.80. The first-order valence-corrected chi connectivity index (χ1v) is 13.7. The van der Waals surface area contributed by atoms with Gasteiger partial charge in [0.15, 0.2) is 0 Å². The van der Waals surface area contributed by atoms with Crippen molar-refractivity contribution in [2.45, 2.75) is 38.1 Å². The molecule has 0 spiro atoms. The molecule has 44 heavy (non-hydrogen) atoms. The second kappa shape index (κ2) is 18.4. The summed E-state index contributed by atoms with van der Waals surface area (Å²) in [5, 5.41) is 16.1. The Kier molecular flexibility index (Phi) is 14.7. The van der Waals surface area contributed by atoms with Crippen LogP contribution in [0.3, 0.4) is 0 Å². The van der Waals surface area contributed by atoms with Crippen molar-refractivity contribution in [1.82, 2.24) is 25.8 Å². The summed E-state index contributed by atoms with van der Waals surface area (Å²) >= 11 is 0. The molecule has 16 heteroatoms. The third kappa shape index (κ3) is 13.2. The first-order chi connectivity index (χ1) is 21.0. The number of imide groups is 1. The summed E-state index contributed by atoms with van der Waals surface area (Å²) in [4.78, 5) is 97.4. The Hall–Kier alpha value is -5.12. The van der Waals surface area contributed by atoms with Crippen molar-refractivity contribution in [3.63, 3.8) is 0 Å². The van der Waals surface area contributed by atoms with Crippen molar-refractivity contribution in [1.29, 1.82) is 0 Å². The average molecular weight is 617 g/mol. The first kappa shape index (κ1) is 35.1. The molecule has 0 aromatic heterocycles. The lowest BCUT2D eigenvalue weighted by atomic mass is 10.0. The SMILES string of the molecule is NC(=O)CN(COCC(=O)O)C(=O)C(Cc1ccccc1)NC(=O)CNC(=O)CNC(=O)CCCCCN1C(=O)C=CC1=O. The van der Waals surface area contributed by atoms with E-state index in [-0.39, 0.29) is 31.2 Å². The molecule has 6 N–H and O–H groups in total. The van der Waals surface area contributed by atoms with Gasteiger partial charge in [-0.05, 0) is 18.4 Å². The van der Waals surface area contributed by atoms with Gasteiger partial charge < -0.3 is 36.4 Å². The molecule has 1 aliphatic heterocycles. The summed E-state index contributed by atoms with van der Waals surface area (Å²) in [6, 6.07) is 7.41. The number of amides is 7. The fourth-order valence-corrected chi connectivity index (χ4v) is 4.03. The molecule has 0 radical (unpaired) electrons. The normalized spacial score (nSPS) is 12.9. The summed E-state index contributed by atoms with van der Waals surface area (Å²) in [7, 11) is 0. The van der Waals surface area contributed by atoms with Crippen LogP contribution in [0.4, 0.5) is 0 Å². The molecule has 1 aromatic rings. The van der Waals surface area contributed by atoms with Crippen molar-refractivity contribution in [3.05, 3.63) is 48.0 Å². The second-order valence-electron chi connectivity index (χ2n) is 9.71. The Morgan fingerprint density at radius 3 is 2.16 bits per heavy atom. The quantitative estimate of drug-likeness (QED) is 0.0602. The highest BCUT2D eigenvalue weighted by atomic mass is 16.5. The van der Waals surface area contributed by atoms with E-state index in [1.807, 2.05) is 0 Å². The Bertz CT molecular complexity index is 1230. The van der Waals surface area contributed by atoms with Gasteiger partial charge in [0.05, 0.1) is 13.1 Å². The smallest absolute Gasteiger partial charge is 0.329 e. The van der Waals surface area contributed by atoms with Gasteiger partial charge in [0.2, 0.25) is 29.5 Å². The summed E-state index contributed by atoms with van der Waals surface area (Å²) in [6.45, 7) is -2.56. The topological polar surface area (TPSA) is 235 Å². The highest BCUT2D eigenvalue weighted by molar-refractivity contribution is 6.12. The van der Waals surface area contributed by atoms with Gasteiger partial charge in [-0.3, -0.25) is 38.5 Å². The molecule has 1 atom stereocenters. The third-order valence-electron chi connectivity index (χ3n) is 6.13. The van der Waals surface area contributed by atoms with E-state index in [1.54, 1.807) is 30.3 Å². The number of primary amides is 1. The maximum atomic E-state index is 13.2. The van der Waals surface area contributed by atoms with E-state index in [2.05, 4.69) is 16.0 Å². The van der Waals surface area contributed by atoms with Crippen LogP contribution in [0.1, 0.15) is 31.2 Å². The standard InChI is InChI=1S/C28H36N6O10/c29-21(35)16-33(18-44-17-27(41)42)28(43)20(13-19-7-3-1-4-8-19)32-24(38)15-31-23(37)14-30-22(36)9-5-2-6-12-34-25(39)10-11-26(34)40/h1,3-4,7-8,10-11,20H,2,5-6,9,12-18H2,(H2,29,35)(H,30,36)(H,31,37)(H,32,38)(H,41,42). The molecule has 0 fully saturated rings. The molecule has 1 heterocycles. The van der Waals surface area contributed by atoms with Gasteiger partial charge >= 0.3 is 5.97 Å². The van der Waals surface area contributed by atoms with Crippen molar-refractivity contribution in [3.8, 4) is 0 Å². The minimum atomic E-state index is -1.29. The number of nitrogens with one attached hydrogen (secondary N) is 3. The number of ether oxygens (including phenoxy) is 1. The number of carbonyl (C=O) groups excluding carboxylic acids is 7. The predicted molar refractivity (Wildman–Crippen MR) is 152 cm³/mol. The van der Waals surface area contributed by atoms with Crippen LogP contribution in [0.15, 0.2) is 42.5 Å². The van der Waals surface area contributed by atoms with Crippen LogP contribution in [0.25, 0.3) is 0 Å². The lowest BCUT2D eigenvalue weighted by Crippen LogP contribution is -2.54. The Labute approximate surface area is 252 Å². The highest BCUT2D eigenvalue weighted by Gasteiger charge is 2.28. The monoisotopic (exact) mass is 616 g/mol. The molecule has 2 rings (SSSR count). The van der Waals surface area contributed by atoms with E-state index in [9.17, 15) is 38.4 Å². The number of aliphatic carboxylic acids is 1. The van der Waals surface area contributed by atoms with E-state index in [0.717, 1.165) is 9.80 Å². The number of nitrogens with zero attached hydrogens (tertiary/aromatic N) is 2. The third-order valence-corrected chi connectivity index (χ3v) is 6.13. The number of nitrogens with two attached hydrogens (primary N) is 1. The van der Waals surface area contributed by atoms with E-state index in [4.69, 9.17) is 15.6 Å². The molecule has 0 saturated heterocycles. The molecular formula is C28H36N6O10. The zero-order valence-corrected chi connectivity index (χ0v) is 24.0. The number of carbonyl (C=O) groups is 8. The molecule has 0 bridgehead atoms. The zero-order chi connectivity index (χ0) is 32.5. The molecular weight excluding hydrogens is 580 g/mol. The molecule has 1 unspecified atom stereocenters. The maximum Gasteiger partial charge on any atom is 0.329 e. The molecule has 238 valence electrons. The molecule has 1 aliphatic rings. The van der Waals surface area contributed by atoms with Gasteiger partial charge in [-0.25, -0.2) is 4.79 Å². The number of benzene rings is 1. The summed E-state index contributed by atoms with van der Waals surface area (Å²) in [5.74, 6) is -5.46. The van der Waals surface area contributed by atoms with E-state index < -0.39 is 74.5 Å². The summed E-state index contributed by atoms with van der Waals surface area (Å²) in [6.07, 6.45) is 4.13. The van der Waals surface area contributed by atoms with Crippen LogP contribution < -0.4 is 21.7 Å². The predicted octanol–water partition coefficient (Wildman–Crippen LogP) is -2.20. The van der Waals surface area contributed by atoms with E-state index >= 15 is 0 Å².